The predicted molar refractivity (Wildman–Crippen MR) is 68.9 cm³/mol. The maximum absolute atomic E-state index is 11.7. The summed E-state index contributed by atoms with van der Waals surface area (Å²) in [6.07, 6.45) is 3.28. The molecule has 2 rings (SSSR count). The Morgan fingerprint density at radius 2 is 2.12 bits per heavy atom. The van der Waals surface area contributed by atoms with Crippen LogP contribution in [0.15, 0.2) is 36.8 Å². The lowest BCUT2D eigenvalue weighted by atomic mass is 10.2. The minimum absolute atomic E-state index is 0.0778. The van der Waals surface area contributed by atoms with Crippen molar-refractivity contribution in [2.45, 2.75) is 6.54 Å². The first-order valence-electron chi connectivity index (χ1n) is 4.77. The molecule has 82 valence electrons. The summed E-state index contributed by atoms with van der Waals surface area (Å²) >= 11 is 2.20. The van der Waals surface area contributed by atoms with Crippen molar-refractivity contribution in [3.05, 3.63) is 51.6 Å². The van der Waals surface area contributed by atoms with Crippen LogP contribution in [0.5, 0.6) is 0 Å². The van der Waals surface area contributed by atoms with E-state index in [1.54, 1.807) is 12.5 Å². The average Bonchev–Trinajstić information content (AvgIpc) is 2.80. The van der Waals surface area contributed by atoms with Crippen LogP contribution in [0.4, 0.5) is 0 Å². The smallest absolute Gasteiger partial charge is 0.251 e. The van der Waals surface area contributed by atoms with Crippen molar-refractivity contribution in [1.82, 2.24) is 15.3 Å². The molecule has 16 heavy (non-hydrogen) atoms. The molecule has 2 aromatic rings. The quantitative estimate of drug-likeness (QED) is 0.847. The Hall–Kier alpha value is -1.37. The summed E-state index contributed by atoms with van der Waals surface area (Å²) in [6.45, 7) is 0.463. The maximum atomic E-state index is 11.7. The van der Waals surface area contributed by atoms with E-state index in [0.717, 1.165) is 9.26 Å². The summed E-state index contributed by atoms with van der Waals surface area (Å²) in [6, 6.07) is 7.44. The zero-order valence-electron chi connectivity index (χ0n) is 8.40. The normalized spacial score (nSPS) is 10.1. The van der Waals surface area contributed by atoms with Crippen molar-refractivity contribution >= 4 is 28.5 Å². The van der Waals surface area contributed by atoms with Gasteiger partial charge in [-0.25, -0.2) is 4.98 Å². The summed E-state index contributed by atoms with van der Waals surface area (Å²) < 4.78 is 1.11. The summed E-state index contributed by atoms with van der Waals surface area (Å²) in [5.74, 6) is -0.0778. The Morgan fingerprint density at radius 1 is 1.38 bits per heavy atom. The van der Waals surface area contributed by atoms with Gasteiger partial charge in [-0.2, -0.15) is 0 Å². The fourth-order valence-electron chi connectivity index (χ4n) is 1.26. The molecule has 0 aliphatic carbocycles. The minimum Gasteiger partial charge on any atom is -0.347 e. The molecule has 4 nitrogen and oxygen atoms in total. The highest BCUT2D eigenvalue weighted by molar-refractivity contribution is 14.1. The topological polar surface area (TPSA) is 57.8 Å². The van der Waals surface area contributed by atoms with Gasteiger partial charge in [0.05, 0.1) is 18.6 Å². The van der Waals surface area contributed by atoms with Crippen LogP contribution in [-0.4, -0.2) is 15.9 Å². The molecule has 1 aromatic heterocycles. The molecule has 0 saturated carbocycles. The number of benzene rings is 1. The highest BCUT2D eigenvalue weighted by atomic mass is 127. The standard InChI is InChI=1S/C11H10IN3O/c12-9-3-1-8(2-4-9)11(16)14-6-10-5-13-7-15-10/h1-5,7H,6H2,(H,13,15)(H,14,16). The van der Waals surface area contributed by atoms with Crippen molar-refractivity contribution in [3.63, 3.8) is 0 Å². The molecule has 0 radical (unpaired) electrons. The lowest BCUT2D eigenvalue weighted by molar-refractivity contribution is 0.0950. The number of aromatic nitrogens is 2. The second-order valence-corrected chi connectivity index (χ2v) is 4.51. The van der Waals surface area contributed by atoms with Gasteiger partial charge in [0, 0.05) is 15.3 Å². The monoisotopic (exact) mass is 327 g/mol. The molecule has 0 fully saturated rings. The number of aromatic amines is 1. The van der Waals surface area contributed by atoms with Crippen LogP contribution in [0.25, 0.3) is 0 Å². The van der Waals surface area contributed by atoms with E-state index in [0.29, 0.717) is 12.1 Å². The molecule has 0 aliphatic heterocycles. The second-order valence-electron chi connectivity index (χ2n) is 3.27. The lowest BCUT2D eigenvalue weighted by Crippen LogP contribution is -2.22. The summed E-state index contributed by atoms with van der Waals surface area (Å²) in [5, 5.41) is 2.81. The fourth-order valence-corrected chi connectivity index (χ4v) is 1.62. The molecule has 1 aromatic carbocycles. The van der Waals surface area contributed by atoms with Crippen molar-refractivity contribution in [3.8, 4) is 0 Å². The molecular weight excluding hydrogens is 317 g/mol. The minimum atomic E-state index is -0.0778. The van der Waals surface area contributed by atoms with Crippen molar-refractivity contribution in [2.24, 2.45) is 0 Å². The van der Waals surface area contributed by atoms with E-state index in [2.05, 4.69) is 37.9 Å². The van der Waals surface area contributed by atoms with Crippen LogP contribution in [-0.2, 0) is 6.54 Å². The Bertz CT molecular complexity index is 464. The number of amides is 1. The molecule has 0 unspecified atom stereocenters. The van der Waals surface area contributed by atoms with Gasteiger partial charge >= 0.3 is 0 Å². The van der Waals surface area contributed by atoms with Crippen LogP contribution < -0.4 is 5.32 Å². The number of carbonyl (C=O) groups excluding carboxylic acids is 1. The van der Waals surface area contributed by atoms with E-state index < -0.39 is 0 Å². The number of nitrogens with zero attached hydrogens (tertiary/aromatic N) is 1. The molecule has 0 spiro atoms. The van der Waals surface area contributed by atoms with Crippen molar-refractivity contribution in [2.75, 3.05) is 0 Å². The average molecular weight is 327 g/mol. The van der Waals surface area contributed by atoms with Gasteiger partial charge in [-0.3, -0.25) is 4.79 Å². The Morgan fingerprint density at radius 3 is 2.75 bits per heavy atom. The van der Waals surface area contributed by atoms with Crippen LogP contribution in [0.3, 0.4) is 0 Å². The Labute approximate surface area is 107 Å². The Balaban J connectivity index is 1.95. The zero-order chi connectivity index (χ0) is 11.4. The summed E-state index contributed by atoms with van der Waals surface area (Å²) in [7, 11) is 0. The van der Waals surface area contributed by atoms with Gasteiger partial charge in [-0.15, -0.1) is 0 Å². The molecule has 5 heteroatoms. The molecule has 0 aliphatic rings. The maximum Gasteiger partial charge on any atom is 0.251 e. The first-order chi connectivity index (χ1) is 7.75. The van der Waals surface area contributed by atoms with Crippen LogP contribution in [0, 0.1) is 3.57 Å². The van der Waals surface area contributed by atoms with Gasteiger partial charge in [0.15, 0.2) is 0 Å². The van der Waals surface area contributed by atoms with E-state index >= 15 is 0 Å². The third-order valence-electron chi connectivity index (χ3n) is 2.10. The van der Waals surface area contributed by atoms with Crippen LogP contribution in [0.2, 0.25) is 0 Å². The molecule has 1 amide bonds. The lowest BCUT2D eigenvalue weighted by Gasteiger charge is -2.03. The molecule has 0 bridgehead atoms. The van der Waals surface area contributed by atoms with E-state index in [1.807, 2.05) is 24.3 Å². The second kappa shape index (κ2) is 5.11. The van der Waals surface area contributed by atoms with E-state index in [1.165, 1.54) is 0 Å². The van der Waals surface area contributed by atoms with E-state index in [9.17, 15) is 4.79 Å². The third kappa shape index (κ3) is 2.82. The number of nitrogens with one attached hydrogen (secondary N) is 2. The SMILES string of the molecule is O=C(NCc1cnc[nH]1)c1ccc(I)cc1. The summed E-state index contributed by atoms with van der Waals surface area (Å²) in [4.78, 5) is 18.5. The highest BCUT2D eigenvalue weighted by Gasteiger charge is 2.04. The predicted octanol–water partition coefficient (Wildman–Crippen LogP) is 1.94. The van der Waals surface area contributed by atoms with Crippen LogP contribution in [0.1, 0.15) is 16.1 Å². The van der Waals surface area contributed by atoms with Gasteiger partial charge in [0.2, 0.25) is 0 Å². The van der Waals surface area contributed by atoms with E-state index in [-0.39, 0.29) is 5.91 Å². The molecular formula is C11H10IN3O. The van der Waals surface area contributed by atoms with Crippen LogP contribution >= 0.6 is 22.6 Å². The van der Waals surface area contributed by atoms with Gasteiger partial charge in [0.1, 0.15) is 0 Å². The number of imidazole rings is 1. The van der Waals surface area contributed by atoms with Crippen molar-refractivity contribution in [1.29, 1.82) is 0 Å². The van der Waals surface area contributed by atoms with Gasteiger partial charge in [-0.05, 0) is 46.9 Å². The van der Waals surface area contributed by atoms with Gasteiger partial charge < -0.3 is 10.3 Å². The van der Waals surface area contributed by atoms with Crippen molar-refractivity contribution < 1.29 is 4.79 Å². The fraction of sp³-hybridized carbons (Fsp3) is 0.0909. The number of H-pyrrole nitrogens is 1. The third-order valence-corrected chi connectivity index (χ3v) is 2.82. The number of carbonyl (C=O) groups is 1. The number of halogens is 1. The van der Waals surface area contributed by atoms with Gasteiger partial charge in [0.25, 0.3) is 5.91 Å². The number of hydrogen-bond donors (Lipinski definition) is 2. The summed E-state index contributed by atoms with van der Waals surface area (Å²) in [5.41, 5.74) is 1.55. The first kappa shape index (κ1) is 11.1. The molecule has 1 heterocycles. The number of rotatable bonds is 3. The zero-order valence-corrected chi connectivity index (χ0v) is 10.6. The van der Waals surface area contributed by atoms with Gasteiger partial charge in [-0.1, -0.05) is 0 Å². The van der Waals surface area contributed by atoms with E-state index in [4.69, 9.17) is 0 Å². The largest absolute Gasteiger partial charge is 0.347 e. The molecule has 2 N–H and O–H groups in total. The first-order valence-corrected chi connectivity index (χ1v) is 5.84. The Kier molecular flexibility index (Phi) is 3.55. The molecule has 0 saturated heterocycles. The highest BCUT2D eigenvalue weighted by Crippen LogP contribution is 2.06. The number of hydrogen-bond acceptors (Lipinski definition) is 2. The molecule has 0 atom stereocenters.